The highest BCUT2D eigenvalue weighted by Gasteiger charge is 2.29. The van der Waals surface area contributed by atoms with Crippen molar-refractivity contribution in [3.63, 3.8) is 0 Å². The molecule has 2 fully saturated rings. The number of methoxy groups -OCH3 is 1. The number of carbonyl (C=O) groups is 1. The van der Waals surface area contributed by atoms with Gasteiger partial charge in [0.15, 0.2) is 0 Å². The van der Waals surface area contributed by atoms with Gasteiger partial charge in [-0.2, -0.15) is 0 Å². The number of halogens is 1. The highest BCUT2D eigenvalue weighted by atomic mass is 35.5. The van der Waals surface area contributed by atoms with Gasteiger partial charge in [-0.1, -0.05) is 23.8 Å². The van der Waals surface area contributed by atoms with E-state index in [1.807, 2.05) is 24.3 Å². The van der Waals surface area contributed by atoms with E-state index in [0.717, 1.165) is 12.8 Å². The van der Waals surface area contributed by atoms with Crippen molar-refractivity contribution < 1.29 is 9.53 Å². The third-order valence-electron chi connectivity index (χ3n) is 4.05. The van der Waals surface area contributed by atoms with Crippen LogP contribution in [-0.4, -0.2) is 25.2 Å². The van der Waals surface area contributed by atoms with E-state index >= 15 is 0 Å². The molecule has 0 aromatic heterocycles. The fourth-order valence-corrected chi connectivity index (χ4v) is 3.13. The summed E-state index contributed by atoms with van der Waals surface area (Å²) in [4.78, 5) is 11.4. The van der Waals surface area contributed by atoms with E-state index in [1.54, 1.807) is 0 Å². The SMILES string of the molecule is COC(=O)c1ccc(C=C2CC3CCC(C2)N3)cc1.Cl. The number of hydrogen-bond donors (Lipinski definition) is 1. The lowest BCUT2D eigenvalue weighted by Crippen LogP contribution is -2.34. The van der Waals surface area contributed by atoms with Gasteiger partial charge in [0, 0.05) is 12.1 Å². The second-order valence-electron chi connectivity index (χ2n) is 5.46. The van der Waals surface area contributed by atoms with Crippen LogP contribution in [0, 0.1) is 0 Å². The van der Waals surface area contributed by atoms with Crippen molar-refractivity contribution in [1.29, 1.82) is 0 Å². The van der Waals surface area contributed by atoms with Crippen LogP contribution in [0.25, 0.3) is 6.08 Å². The Balaban J connectivity index is 0.00000147. The van der Waals surface area contributed by atoms with Gasteiger partial charge < -0.3 is 10.1 Å². The Morgan fingerprint density at radius 3 is 2.35 bits per heavy atom. The van der Waals surface area contributed by atoms with Crippen LogP contribution in [0.15, 0.2) is 29.8 Å². The topological polar surface area (TPSA) is 38.3 Å². The van der Waals surface area contributed by atoms with Crippen molar-refractivity contribution in [2.24, 2.45) is 0 Å². The van der Waals surface area contributed by atoms with Gasteiger partial charge in [0.05, 0.1) is 12.7 Å². The Kier molecular flexibility index (Phi) is 4.84. The first-order chi connectivity index (χ1) is 9.24. The van der Waals surface area contributed by atoms with Crippen LogP contribution in [0.4, 0.5) is 0 Å². The summed E-state index contributed by atoms with van der Waals surface area (Å²) >= 11 is 0. The molecule has 4 heteroatoms. The van der Waals surface area contributed by atoms with Crippen molar-refractivity contribution in [1.82, 2.24) is 5.32 Å². The summed E-state index contributed by atoms with van der Waals surface area (Å²) in [5.41, 5.74) is 3.30. The molecule has 1 aromatic carbocycles. The summed E-state index contributed by atoms with van der Waals surface area (Å²) < 4.78 is 4.70. The second kappa shape index (κ2) is 6.42. The van der Waals surface area contributed by atoms with Gasteiger partial charge in [0.2, 0.25) is 0 Å². The molecule has 0 amide bonds. The predicted octanol–water partition coefficient (Wildman–Crippen LogP) is 3.19. The van der Waals surface area contributed by atoms with Crippen LogP contribution in [0.1, 0.15) is 41.6 Å². The molecular weight excluding hydrogens is 274 g/mol. The number of fused-ring (bicyclic) bond motifs is 2. The summed E-state index contributed by atoms with van der Waals surface area (Å²) in [7, 11) is 1.41. The van der Waals surface area contributed by atoms with Gasteiger partial charge in [0.25, 0.3) is 0 Å². The average molecular weight is 294 g/mol. The lowest BCUT2D eigenvalue weighted by atomic mass is 9.96. The molecule has 108 valence electrons. The van der Waals surface area contributed by atoms with Crippen LogP contribution in [0.3, 0.4) is 0 Å². The second-order valence-corrected chi connectivity index (χ2v) is 5.46. The van der Waals surface area contributed by atoms with E-state index in [4.69, 9.17) is 4.74 Å². The summed E-state index contributed by atoms with van der Waals surface area (Å²) in [6.07, 6.45) is 7.21. The minimum absolute atomic E-state index is 0. The Morgan fingerprint density at radius 1 is 1.20 bits per heavy atom. The quantitative estimate of drug-likeness (QED) is 0.851. The number of hydrogen-bond acceptors (Lipinski definition) is 3. The van der Waals surface area contributed by atoms with E-state index < -0.39 is 0 Å². The third kappa shape index (κ3) is 3.22. The Bertz CT molecular complexity index is 496. The monoisotopic (exact) mass is 293 g/mol. The number of benzene rings is 1. The molecule has 2 heterocycles. The molecule has 2 saturated heterocycles. The van der Waals surface area contributed by atoms with Gasteiger partial charge in [-0.05, 0) is 43.4 Å². The molecule has 2 bridgehead atoms. The molecule has 2 aliphatic heterocycles. The normalized spacial score (nSPS) is 23.9. The first kappa shape index (κ1) is 15.1. The van der Waals surface area contributed by atoms with E-state index in [2.05, 4.69) is 11.4 Å². The molecule has 20 heavy (non-hydrogen) atoms. The maximum Gasteiger partial charge on any atom is 0.337 e. The molecule has 2 aliphatic rings. The first-order valence-corrected chi connectivity index (χ1v) is 6.88. The number of piperidine rings is 1. The first-order valence-electron chi connectivity index (χ1n) is 6.88. The van der Waals surface area contributed by atoms with Gasteiger partial charge in [-0.3, -0.25) is 0 Å². The lowest BCUT2D eigenvalue weighted by Gasteiger charge is -2.23. The zero-order valence-corrected chi connectivity index (χ0v) is 12.4. The smallest absolute Gasteiger partial charge is 0.337 e. The number of rotatable bonds is 2. The van der Waals surface area contributed by atoms with Gasteiger partial charge in [0.1, 0.15) is 0 Å². The molecule has 3 rings (SSSR count). The molecule has 3 nitrogen and oxygen atoms in total. The molecule has 0 aliphatic carbocycles. The zero-order valence-electron chi connectivity index (χ0n) is 11.6. The highest BCUT2D eigenvalue weighted by molar-refractivity contribution is 5.89. The standard InChI is InChI=1S/C16H19NO2.ClH/c1-19-16(18)13-4-2-11(3-5-13)8-12-9-14-6-7-15(10-12)17-14;/h2-5,8,14-15,17H,6-7,9-10H2,1H3;1H. The fraction of sp³-hybridized carbons (Fsp3) is 0.438. The zero-order chi connectivity index (χ0) is 13.2. The minimum atomic E-state index is -0.279. The molecule has 0 saturated carbocycles. The van der Waals surface area contributed by atoms with Gasteiger partial charge in [-0.25, -0.2) is 4.79 Å². The molecule has 2 unspecified atom stereocenters. The van der Waals surface area contributed by atoms with Crippen LogP contribution in [0.5, 0.6) is 0 Å². The molecule has 2 atom stereocenters. The lowest BCUT2D eigenvalue weighted by molar-refractivity contribution is 0.0601. The van der Waals surface area contributed by atoms with Crippen LogP contribution >= 0.6 is 12.4 Å². The summed E-state index contributed by atoms with van der Waals surface area (Å²) in [5, 5.41) is 3.64. The average Bonchev–Trinajstić information content (AvgIpc) is 2.78. The molecule has 0 spiro atoms. The van der Waals surface area contributed by atoms with Gasteiger partial charge >= 0.3 is 5.97 Å². The molecule has 0 radical (unpaired) electrons. The largest absolute Gasteiger partial charge is 0.465 e. The molecule has 1 aromatic rings. The van der Waals surface area contributed by atoms with Gasteiger partial charge in [-0.15, -0.1) is 12.4 Å². The highest BCUT2D eigenvalue weighted by Crippen LogP contribution is 2.31. The van der Waals surface area contributed by atoms with Crippen LogP contribution in [-0.2, 0) is 4.74 Å². The fourth-order valence-electron chi connectivity index (χ4n) is 3.13. The summed E-state index contributed by atoms with van der Waals surface area (Å²) in [6.45, 7) is 0. The number of ether oxygens (including phenoxy) is 1. The number of nitrogens with one attached hydrogen (secondary N) is 1. The van der Waals surface area contributed by atoms with Crippen molar-refractivity contribution in [2.45, 2.75) is 37.8 Å². The van der Waals surface area contributed by atoms with E-state index in [9.17, 15) is 4.79 Å². The Labute approximate surface area is 125 Å². The molecule has 1 N–H and O–H groups in total. The Morgan fingerprint density at radius 2 is 1.80 bits per heavy atom. The maximum atomic E-state index is 11.4. The number of esters is 1. The van der Waals surface area contributed by atoms with Crippen LogP contribution in [0.2, 0.25) is 0 Å². The Hall–Kier alpha value is -1.32. The van der Waals surface area contributed by atoms with E-state index in [1.165, 1.54) is 31.1 Å². The van der Waals surface area contributed by atoms with Crippen molar-refractivity contribution in [2.75, 3.05) is 7.11 Å². The predicted molar refractivity (Wildman–Crippen MR) is 82.2 cm³/mol. The van der Waals surface area contributed by atoms with Crippen molar-refractivity contribution >= 4 is 24.5 Å². The number of carbonyl (C=O) groups excluding carboxylic acids is 1. The van der Waals surface area contributed by atoms with E-state index in [0.29, 0.717) is 17.6 Å². The maximum absolute atomic E-state index is 11.4. The van der Waals surface area contributed by atoms with E-state index in [-0.39, 0.29) is 18.4 Å². The molecular formula is C16H20ClNO2. The van der Waals surface area contributed by atoms with Crippen molar-refractivity contribution in [3.8, 4) is 0 Å². The third-order valence-corrected chi connectivity index (χ3v) is 4.05. The summed E-state index contributed by atoms with van der Waals surface area (Å²) in [5.74, 6) is -0.279. The summed E-state index contributed by atoms with van der Waals surface area (Å²) in [6, 6.07) is 8.99. The minimum Gasteiger partial charge on any atom is -0.465 e. The van der Waals surface area contributed by atoms with Crippen LogP contribution < -0.4 is 5.32 Å². The van der Waals surface area contributed by atoms with Crippen molar-refractivity contribution in [3.05, 3.63) is 41.0 Å².